The van der Waals surface area contributed by atoms with E-state index >= 15 is 0 Å². The molecule has 1 heterocycles. The lowest BCUT2D eigenvalue weighted by Crippen LogP contribution is -2.17. The van der Waals surface area contributed by atoms with Gasteiger partial charge in [-0.1, -0.05) is 23.2 Å². The van der Waals surface area contributed by atoms with Crippen molar-refractivity contribution >= 4 is 28.9 Å². The number of nitrogens with zero attached hydrogens (tertiary/aromatic N) is 1. The van der Waals surface area contributed by atoms with Gasteiger partial charge in [0.1, 0.15) is 0 Å². The first-order valence-electron chi connectivity index (χ1n) is 4.47. The Balaban J connectivity index is 2.28. The summed E-state index contributed by atoms with van der Waals surface area (Å²) >= 11 is 11.8. The minimum atomic E-state index is 0.717. The Morgan fingerprint density at radius 1 is 0.923 bits per heavy atom. The normalized spacial score (nSPS) is 16.6. The first-order valence-corrected chi connectivity index (χ1v) is 5.22. The molecule has 1 aromatic rings. The van der Waals surface area contributed by atoms with Crippen molar-refractivity contribution < 1.29 is 0 Å². The maximum Gasteiger partial charge on any atom is 0.0441 e. The van der Waals surface area contributed by atoms with Crippen LogP contribution in [0.15, 0.2) is 18.2 Å². The molecular weight excluding hydrogens is 205 g/mol. The smallest absolute Gasteiger partial charge is 0.0441 e. The van der Waals surface area contributed by atoms with Crippen molar-refractivity contribution in [2.24, 2.45) is 0 Å². The maximum atomic E-state index is 5.92. The Morgan fingerprint density at radius 2 is 1.46 bits per heavy atom. The predicted octanol–water partition coefficient (Wildman–Crippen LogP) is 3.59. The molecule has 0 aromatic heterocycles. The Morgan fingerprint density at radius 3 is 2.00 bits per heavy atom. The number of rotatable bonds is 1. The van der Waals surface area contributed by atoms with Gasteiger partial charge in [-0.3, -0.25) is 0 Å². The van der Waals surface area contributed by atoms with E-state index in [1.165, 1.54) is 12.8 Å². The highest BCUT2D eigenvalue weighted by Crippen LogP contribution is 2.27. The van der Waals surface area contributed by atoms with Crippen molar-refractivity contribution in [1.29, 1.82) is 0 Å². The zero-order chi connectivity index (χ0) is 9.26. The fourth-order valence-electron chi connectivity index (χ4n) is 1.70. The third-order valence-electron chi connectivity index (χ3n) is 2.32. The van der Waals surface area contributed by atoms with Gasteiger partial charge in [0, 0.05) is 28.8 Å². The van der Waals surface area contributed by atoms with E-state index in [4.69, 9.17) is 23.2 Å². The van der Waals surface area contributed by atoms with E-state index in [0.29, 0.717) is 0 Å². The van der Waals surface area contributed by atoms with Crippen LogP contribution in [0.4, 0.5) is 5.69 Å². The Bertz CT molecular complexity index is 286. The van der Waals surface area contributed by atoms with Crippen molar-refractivity contribution in [3.05, 3.63) is 28.2 Å². The van der Waals surface area contributed by atoms with Crippen LogP contribution in [0.2, 0.25) is 10.0 Å². The summed E-state index contributed by atoms with van der Waals surface area (Å²) in [5.74, 6) is 0. The molecule has 3 heteroatoms. The standard InChI is InChI=1S/C10H11Cl2N/c11-8-5-9(12)7-10(6-8)13-3-1-2-4-13/h5-7H,1-4H2. The van der Waals surface area contributed by atoms with Crippen LogP contribution >= 0.6 is 23.2 Å². The van der Waals surface area contributed by atoms with Gasteiger partial charge >= 0.3 is 0 Å². The summed E-state index contributed by atoms with van der Waals surface area (Å²) in [5.41, 5.74) is 1.15. The van der Waals surface area contributed by atoms with Gasteiger partial charge in [0.25, 0.3) is 0 Å². The zero-order valence-electron chi connectivity index (χ0n) is 7.26. The molecule has 13 heavy (non-hydrogen) atoms. The lowest BCUT2D eigenvalue weighted by atomic mass is 10.3. The predicted molar refractivity (Wildman–Crippen MR) is 57.9 cm³/mol. The third-order valence-corrected chi connectivity index (χ3v) is 2.75. The molecule has 1 saturated heterocycles. The van der Waals surface area contributed by atoms with Crippen LogP contribution in [0, 0.1) is 0 Å². The van der Waals surface area contributed by atoms with Gasteiger partial charge in [0.15, 0.2) is 0 Å². The minimum absolute atomic E-state index is 0.717. The average Bonchev–Trinajstić information content (AvgIpc) is 2.53. The van der Waals surface area contributed by atoms with E-state index in [-0.39, 0.29) is 0 Å². The van der Waals surface area contributed by atoms with Crippen LogP contribution in [0.25, 0.3) is 0 Å². The summed E-state index contributed by atoms with van der Waals surface area (Å²) < 4.78 is 0. The molecule has 0 bridgehead atoms. The highest BCUT2D eigenvalue weighted by molar-refractivity contribution is 6.35. The van der Waals surface area contributed by atoms with E-state index in [1.54, 1.807) is 6.07 Å². The van der Waals surface area contributed by atoms with Crippen molar-refractivity contribution in [1.82, 2.24) is 0 Å². The van der Waals surface area contributed by atoms with Gasteiger partial charge in [-0.15, -0.1) is 0 Å². The van der Waals surface area contributed by atoms with Gasteiger partial charge in [-0.25, -0.2) is 0 Å². The maximum absolute atomic E-state index is 5.92. The highest BCUT2D eigenvalue weighted by Gasteiger charge is 2.12. The monoisotopic (exact) mass is 215 g/mol. The van der Waals surface area contributed by atoms with Crippen LogP contribution in [0.5, 0.6) is 0 Å². The molecule has 0 N–H and O–H groups in total. The molecule has 0 spiro atoms. The second-order valence-electron chi connectivity index (χ2n) is 3.32. The number of benzene rings is 1. The van der Waals surface area contributed by atoms with Crippen LogP contribution in [0.3, 0.4) is 0 Å². The van der Waals surface area contributed by atoms with Crippen LogP contribution in [0.1, 0.15) is 12.8 Å². The first kappa shape index (κ1) is 9.17. The molecule has 0 radical (unpaired) electrons. The quantitative estimate of drug-likeness (QED) is 0.693. The fourth-order valence-corrected chi connectivity index (χ4v) is 2.21. The SMILES string of the molecule is Clc1cc(Cl)cc(N2CCCC2)c1. The molecule has 0 saturated carbocycles. The first-order chi connectivity index (χ1) is 6.25. The van der Waals surface area contributed by atoms with Gasteiger partial charge in [-0.05, 0) is 31.0 Å². The summed E-state index contributed by atoms with van der Waals surface area (Å²) in [6.07, 6.45) is 2.54. The minimum Gasteiger partial charge on any atom is -0.371 e. The average molecular weight is 216 g/mol. The molecule has 1 fully saturated rings. The molecule has 1 aliphatic rings. The molecule has 0 aliphatic carbocycles. The van der Waals surface area contributed by atoms with E-state index in [9.17, 15) is 0 Å². The van der Waals surface area contributed by atoms with E-state index in [1.807, 2.05) is 12.1 Å². The summed E-state index contributed by atoms with van der Waals surface area (Å²) in [4.78, 5) is 2.32. The van der Waals surface area contributed by atoms with Gasteiger partial charge in [0.2, 0.25) is 0 Å². The van der Waals surface area contributed by atoms with Gasteiger partial charge < -0.3 is 4.90 Å². The molecule has 70 valence electrons. The third kappa shape index (κ3) is 2.09. The summed E-state index contributed by atoms with van der Waals surface area (Å²) in [7, 11) is 0. The Hall–Kier alpha value is -0.400. The Kier molecular flexibility index (Phi) is 2.66. The van der Waals surface area contributed by atoms with E-state index < -0.39 is 0 Å². The number of hydrogen-bond donors (Lipinski definition) is 0. The summed E-state index contributed by atoms with van der Waals surface area (Å²) in [6.45, 7) is 2.24. The van der Waals surface area contributed by atoms with E-state index in [2.05, 4.69) is 4.90 Å². The highest BCUT2D eigenvalue weighted by atomic mass is 35.5. The second-order valence-corrected chi connectivity index (χ2v) is 4.19. The molecule has 0 amide bonds. The number of hydrogen-bond acceptors (Lipinski definition) is 1. The van der Waals surface area contributed by atoms with Crippen LogP contribution < -0.4 is 4.90 Å². The molecule has 2 rings (SSSR count). The largest absolute Gasteiger partial charge is 0.371 e. The fraction of sp³-hybridized carbons (Fsp3) is 0.400. The van der Waals surface area contributed by atoms with Crippen molar-refractivity contribution in [2.45, 2.75) is 12.8 Å². The lowest BCUT2D eigenvalue weighted by molar-refractivity contribution is 0.949. The van der Waals surface area contributed by atoms with E-state index in [0.717, 1.165) is 28.8 Å². The van der Waals surface area contributed by atoms with Gasteiger partial charge in [-0.2, -0.15) is 0 Å². The van der Waals surface area contributed by atoms with Crippen molar-refractivity contribution in [2.75, 3.05) is 18.0 Å². The van der Waals surface area contributed by atoms with Crippen LogP contribution in [-0.2, 0) is 0 Å². The Labute approximate surface area is 88.3 Å². The van der Waals surface area contributed by atoms with Crippen molar-refractivity contribution in [3.8, 4) is 0 Å². The molecule has 0 atom stereocenters. The summed E-state index contributed by atoms with van der Waals surface area (Å²) in [5, 5.41) is 1.43. The molecule has 1 aliphatic heterocycles. The van der Waals surface area contributed by atoms with Gasteiger partial charge in [0.05, 0.1) is 0 Å². The molecular formula is C10H11Cl2N. The molecule has 0 unspecified atom stereocenters. The van der Waals surface area contributed by atoms with Crippen molar-refractivity contribution in [3.63, 3.8) is 0 Å². The topological polar surface area (TPSA) is 3.24 Å². The molecule has 1 nitrogen and oxygen atoms in total. The number of halogens is 2. The lowest BCUT2D eigenvalue weighted by Gasteiger charge is -2.17. The zero-order valence-corrected chi connectivity index (χ0v) is 8.78. The second kappa shape index (κ2) is 3.77. The molecule has 1 aromatic carbocycles. The summed E-state index contributed by atoms with van der Waals surface area (Å²) in [6, 6.07) is 5.71. The van der Waals surface area contributed by atoms with Crippen LogP contribution in [-0.4, -0.2) is 13.1 Å². The number of anilines is 1.